The molecule has 0 saturated carbocycles. The highest BCUT2D eigenvalue weighted by Crippen LogP contribution is 2.29. The zero-order valence-electron chi connectivity index (χ0n) is 15.1. The van der Waals surface area contributed by atoms with E-state index in [4.69, 9.17) is 9.47 Å². The highest BCUT2D eigenvalue weighted by atomic mass is 16.5. The van der Waals surface area contributed by atoms with Gasteiger partial charge in [-0.2, -0.15) is 4.98 Å². The van der Waals surface area contributed by atoms with Gasteiger partial charge in [-0.05, 0) is 50.1 Å². The van der Waals surface area contributed by atoms with E-state index in [1.54, 1.807) is 7.11 Å². The molecule has 0 spiro atoms. The molecule has 3 rings (SSSR count). The van der Waals surface area contributed by atoms with Crippen LogP contribution in [0.5, 0.6) is 17.4 Å². The molecule has 2 heterocycles. The second-order valence-corrected chi connectivity index (χ2v) is 6.29. The third-order valence-electron chi connectivity index (χ3n) is 4.48. The summed E-state index contributed by atoms with van der Waals surface area (Å²) in [5.41, 5.74) is 0.864. The highest BCUT2D eigenvalue weighted by molar-refractivity contribution is 5.87. The van der Waals surface area contributed by atoms with Gasteiger partial charge in [-0.3, -0.25) is 4.79 Å². The number of piperidine rings is 1. The molecular weight excluding hydrogens is 330 g/mol. The number of carbonyl (C=O) groups excluding carboxylic acids is 1. The molecular formula is C20H23N3O3. The monoisotopic (exact) mass is 353 g/mol. The number of ether oxygens (including phenoxy) is 2. The zero-order chi connectivity index (χ0) is 18.5. The van der Waals surface area contributed by atoms with E-state index in [1.165, 1.54) is 6.08 Å². The van der Waals surface area contributed by atoms with Gasteiger partial charge in [-0.25, -0.2) is 4.98 Å². The molecule has 1 aliphatic heterocycles. The molecule has 1 aromatic heterocycles. The lowest BCUT2D eigenvalue weighted by Gasteiger charge is -2.30. The zero-order valence-corrected chi connectivity index (χ0v) is 15.1. The minimum Gasteiger partial charge on any atom is -0.497 e. The summed E-state index contributed by atoms with van der Waals surface area (Å²) in [6.45, 7) is 6.87. The number of nitrogens with zero attached hydrogens (tertiary/aromatic N) is 3. The molecule has 0 radical (unpaired) electrons. The Morgan fingerprint density at radius 3 is 2.46 bits per heavy atom. The molecule has 136 valence electrons. The van der Waals surface area contributed by atoms with E-state index < -0.39 is 0 Å². The Kier molecular flexibility index (Phi) is 5.51. The second kappa shape index (κ2) is 7.99. The Hall–Kier alpha value is -2.89. The highest BCUT2D eigenvalue weighted by Gasteiger charge is 2.25. The summed E-state index contributed by atoms with van der Waals surface area (Å²) in [7, 11) is 1.63. The van der Waals surface area contributed by atoms with Crippen LogP contribution in [0.2, 0.25) is 0 Å². The van der Waals surface area contributed by atoms with Gasteiger partial charge in [0.25, 0.3) is 0 Å². The van der Waals surface area contributed by atoms with Crippen LogP contribution in [0, 0.1) is 6.92 Å². The number of hydrogen-bond donors (Lipinski definition) is 0. The van der Waals surface area contributed by atoms with Gasteiger partial charge in [0.1, 0.15) is 17.3 Å². The van der Waals surface area contributed by atoms with Gasteiger partial charge >= 0.3 is 0 Å². The summed E-state index contributed by atoms with van der Waals surface area (Å²) in [4.78, 5) is 22.7. The molecule has 6 heteroatoms. The Morgan fingerprint density at radius 2 is 1.85 bits per heavy atom. The first-order valence-electron chi connectivity index (χ1n) is 8.68. The van der Waals surface area contributed by atoms with Gasteiger partial charge in [0.05, 0.1) is 7.11 Å². The Labute approximate surface area is 153 Å². The molecule has 0 bridgehead atoms. The molecule has 2 aromatic rings. The minimum absolute atomic E-state index is 0.0165. The van der Waals surface area contributed by atoms with Crippen LogP contribution in [-0.2, 0) is 4.79 Å². The normalized spacial score (nSPS) is 14.8. The average molecular weight is 353 g/mol. The number of benzene rings is 1. The van der Waals surface area contributed by atoms with Crippen LogP contribution >= 0.6 is 0 Å². The number of carbonyl (C=O) groups is 1. The third-order valence-corrected chi connectivity index (χ3v) is 4.48. The van der Waals surface area contributed by atoms with Gasteiger partial charge in [-0.1, -0.05) is 6.58 Å². The van der Waals surface area contributed by atoms with Crippen molar-refractivity contribution in [1.82, 2.24) is 14.9 Å². The maximum Gasteiger partial charge on any atom is 0.245 e. The number of aromatic nitrogens is 2. The van der Waals surface area contributed by atoms with Crippen LogP contribution in [0.3, 0.4) is 0 Å². The standard InChI is InChI=1S/C20H23N3O3/c1-4-19(24)23-11-9-15(10-12-23)20-21-14(2)13-18(22-20)26-17-7-5-16(25-3)6-8-17/h4-8,13,15H,1,9-12H2,2-3H3. The third kappa shape index (κ3) is 4.20. The summed E-state index contributed by atoms with van der Waals surface area (Å²) in [6, 6.07) is 9.20. The predicted octanol–water partition coefficient (Wildman–Crippen LogP) is 3.48. The van der Waals surface area contributed by atoms with Crippen LogP contribution in [0.1, 0.15) is 30.3 Å². The maximum absolute atomic E-state index is 11.7. The number of methoxy groups -OCH3 is 1. The van der Waals surface area contributed by atoms with E-state index in [2.05, 4.69) is 16.5 Å². The van der Waals surface area contributed by atoms with Crippen LogP contribution in [0.4, 0.5) is 0 Å². The molecule has 0 atom stereocenters. The van der Waals surface area contributed by atoms with Crippen LogP contribution in [0.15, 0.2) is 43.0 Å². The first kappa shape index (κ1) is 17.9. The minimum atomic E-state index is -0.0165. The van der Waals surface area contributed by atoms with Crippen molar-refractivity contribution in [3.8, 4) is 17.4 Å². The Bertz CT molecular complexity index is 781. The van der Waals surface area contributed by atoms with Gasteiger partial charge in [0.2, 0.25) is 11.8 Å². The summed E-state index contributed by atoms with van der Waals surface area (Å²) in [5, 5.41) is 0. The molecule has 1 amide bonds. The van der Waals surface area contributed by atoms with Crippen LogP contribution < -0.4 is 9.47 Å². The average Bonchev–Trinajstić information content (AvgIpc) is 2.67. The summed E-state index contributed by atoms with van der Waals surface area (Å²) < 4.78 is 11.0. The Balaban J connectivity index is 1.71. The van der Waals surface area contributed by atoms with E-state index >= 15 is 0 Å². The van der Waals surface area contributed by atoms with Crippen LogP contribution in [0.25, 0.3) is 0 Å². The number of amides is 1. The van der Waals surface area contributed by atoms with Crippen molar-refractivity contribution in [2.75, 3.05) is 20.2 Å². The van der Waals surface area contributed by atoms with Crippen molar-refractivity contribution >= 4 is 5.91 Å². The smallest absolute Gasteiger partial charge is 0.245 e. The van der Waals surface area contributed by atoms with Crippen molar-refractivity contribution < 1.29 is 14.3 Å². The van der Waals surface area contributed by atoms with E-state index in [0.717, 1.165) is 30.1 Å². The molecule has 0 unspecified atom stereocenters. The quantitative estimate of drug-likeness (QED) is 0.770. The van der Waals surface area contributed by atoms with Crippen LogP contribution in [-0.4, -0.2) is 41.0 Å². The summed E-state index contributed by atoms with van der Waals surface area (Å²) >= 11 is 0. The van der Waals surface area contributed by atoms with E-state index in [9.17, 15) is 4.79 Å². The Morgan fingerprint density at radius 1 is 1.19 bits per heavy atom. The second-order valence-electron chi connectivity index (χ2n) is 6.29. The fourth-order valence-electron chi connectivity index (χ4n) is 3.05. The SMILES string of the molecule is C=CC(=O)N1CCC(c2nc(C)cc(Oc3ccc(OC)cc3)n2)CC1. The molecule has 0 N–H and O–H groups in total. The number of rotatable bonds is 5. The van der Waals surface area contributed by atoms with Gasteiger partial charge in [-0.15, -0.1) is 0 Å². The lowest BCUT2D eigenvalue weighted by molar-refractivity contribution is -0.127. The van der Waals surface area contributed by atoms with Crippen molar-refractivity contribution in [3.63, 3.8) is 0 Å². The molecule has 6 nitrogen and oxygen atoms in total. The lowest BCUT2D eigenvalue weighted by Crippen LogP contribution is -2.37. The van der Waals surface area contributed by atoms with E-state index in [-0.39, 0.29) is 11.8 Å². The first-order valence-corrected chi connectivity index (χ1v) is 8.68. The topological polar surface area (TPSA) is 64.6 Å². The maximum atomic E-state index is 11.7. The van der Waals surface area contributed by atoms with Crippen molar-refractivity contribution in [3.05, 3.63) is 54.5 Å². The van der Waals surface area contributed by atoms with Crippen molar-refractivity contribution in [2.24, 2.45) is 0 Å². The van der Waals surface area contributed by atoms with E-state index in [0.29, 0.717) is 24.7 Å². The number of hydrogen-bond acceptors (Lipinski definition) is 5. The summed E-state index contributed by atoms with van der Waals surface area (Å²) in [5.74, 6) is 2.99. The number of likely N-dealkylation sites (tertiary alicyclic amines) is 1. The molecule has 1 saturated heterocycles. The number of aryl methyl sites for hydroxylation is 1. The van der Waals surface area contributed by atoms with Gasteiger partial charge in [0.15, 0.2) is 0 Å². The predicted molar refractivity (Wildman–Crippen MR) is 98.6 cm³/mol. The molecule has 26 heavy (non-hydrogen) atoms. The van der Waals surface area contributed by atoms with Gasteiger partial charge in [0, 0.05) is 30.8 Å². The summed E-state index contributed by atoms with van der Waals surface area (Å²) in [6.07, 6.45) is 3.04. The van der Waals surface area contributed by atoms with Crippen molar-refractivity contribution in [2.45, 2.75) is 25.7 Å². The van der Waals surface area contributed by atoms with Gasteiger partial charge < -0.3 is 14.4 Å². The fourth-order valence-corrected chi connectivity index (χ4v) is 3.05. The largest absolute Gasteiger partial charge is 0.497 e. The molecule has 1 fully saturated rings. The molecule has 1 aliphatic rings. The van der Waals surface area contributed by atoms with Crippen molar-refractivity contribution in [1.29, 1.82) is 0 Å². The first-order chi connectivity index (χ1) is 12.6. The lowest BCUT2D eigenvalue weighted by atomic mass is 9.96. The fraction of sp³-hybridized carbons (Fsp3) is 0.350. The van der Waals surface area contributed by atoms with E-state index in [1.807, 2.05) is 42.2 Å². The molecule has 1 aromatic carbocycles. The molecule has 0 aliphatic carbocycles.